The van der Waals surface area contributed by atoms with Crippen LogP contribution in [0.15, 0.2) is 6.07 Å². The number of anilines is 2. The Labute approximate surface area is 124 Å². The van der Waals surface area contributed by atoms with Gasteiger partial charge in [0, 0.05) is 33.4 Å². The van der Waals surface area contributed by atoms with Crippen LogP contribution in [0.5, 0.6) is 0 Å². The summed E-state index contributed by atoms with van der Waals surface area (Å²) < 4.78 is 5.38. The van der Waals surface area contributed by atoms with Gasteiger partial charge in [0.15, 0.2) is 0 Å². The fourth-order valence-electron chi connectivity index (χ4n) is 2.40. The summed E-state index contributed by atoms with van der Waals surface area (Å²) in [6.45, 7) is 5.21. The Kier molecular flexibility index (Phi) is 5.25. The monoisotopic (exact) mass is 297 g/mol. The highest BCUT2D eigenvalue weighted by Gasteiger charge is 2.19. The molecule has 0 aliphatic carbocycles. The first-order valence-electron chi connectivity index (χ1n) is 7.08. The number of hydrogen-bond acceptors (Lipinski definition) is 5. The first-order chi connectivity index (χ1) is 9.61. The molecule has 6 heteroatoms. The molecule has 1 amide bonds. The number of nitrogens with zero attached hydrogens (tertiary/aromatic N) is 1. The molecule has 1 aliphatic heterocycles. The third kappa shape index (κ3) is 3.64. The van der Waals surface area contributed by atoms with E-state index in [1.165, 1.54) is 11.3 Å². The highest BCUT2D eigenvalue weighted by atomic mass is 32.1. The topological polar surface area (TPSA) is 67.6 Å². The van der Waals surface area contributed by atoms with Crippen LogP contribution in [-0.2, 0) is 4.74 Å². The Hall–Kier alpha value is -1.27. The van der Waals surface area contributed by atoms with Crippen molar-refractivity contribution in [3.05, 3.63) is 10.9 Å². The number of amides is 1. The van der Waals surface area contributed by atoms with Crippen molar-refractivity contribution in [3.63, 3.8) is 0 Å². The Balaban J connectivity index is 2.00. The summed E-state index contributed by atoms with van der Waals surface area (Å²) >= 11 is 1.46. The number of nitrogen functional groups attached to an aromatic ring is 1. The van der Waals surface area contributed by atoms with E-state index >= 15 is 0 Å². The molecular formula is C14H23N3O2S. The van der Waals surface area contributed by atoms with Gasteiger partial charge in [0.05, 0.1) is 10.7 Å². The predicted molar refractivity (Wildman–Crippen MR) is 83.6 cm³/mol. The lowest BCUT2D eigenvalue weighted by Crippen LogP contribution is -2.29. The minimum absolute atomic E-state index is 0.0827. The quantitative estimate of drug-likeness (QED) is 0.871. The molecule has 0 radical (unpaired) electrons. The molecule has 0 unspecified atom stereocenters. The van der Waals surface area contributed by atoms with Crippen molar-refractivity contribution in [2.24, 2.45) is 5.92 Å². The van der Waals surface area contributed by atoms with Crippen LogP contribution in [-0.4, -0.2) is 39.3 Å². The zero-order chi connectivity index (χ0) is 14.5. The summed E-state index contributed by atoms with van der Waals surface area (Å²) in [6.07, 6.45) is 2.21. The van der Waals surface area contributed by atoms with E-state index in [1.54, 1.807) is 0 Å². The molecular weight excluding hydrogens is 274 g/mol. The molecule has 112 valence electrons. The van der Waals surface area contributed by atoms with Crippen LogP contribution in [0.1, 0.15) is 29.4 Å². The van der Waals surface area contributed by atoms with Crippen molar-refractivity contribution in [1.29, 1.82) is 0 Å². The molecule has 0 aromatic carbocycles. The summed E-state index contributed by atoms with van der Waals surface area (Å²) in [6, 6.07) is 1.90. The summed E-state index contributed by atoms with van der Waals surface area (Å²) in [7, 11) is 2.06. The summed E-state index contributed by atoms with van der Waals surface area (Å²) in [4.78, 5) is 14.7. The van der Waals surface area contributed by atoms with Crippen LogP contribution in [0.2, 0.25) is 0 Å². The minimum Gasteiger partial charge on any atom is -0.397 e. The minimum atomic E-state index is -0.0827. The maximum absolute atomic E-state index is 11.9. The van der Waals surface area contributed by atoms with Crippen molar-refractivity contribution >= 4 is 27.9 Å². The van der Waals surface area contributed by atoms with Crippen LogP contribution in [0.4, 0.5) is 10.7 Å². The van der Waals surface area contributed by atoms with Crippen molar-refractivity contribution < 1.29 is 9.53 Å². The van der Waals surface area contributed by atoms with E-state index in [0.717, 1.165) is 37.6 Å². The lowest BCUT2D eigenvalue weighted by Gasteiger charge is -2.27. The predicted octanol–water partition coefficient (Wildman–Crippen LogP) is 1.94. The molecule has 5 nitrogen and oxygen atoms in total. The molecule has 0 bridgehead atoms. The van der Waals surface area contributed by atoms with Crippen LogP contribution >= 0.6 is 11.3 Å². The van der Waals surface area contributed by atoms with E-state index < -0.39 is 0 Å². The van der Waals surface area contributed by atoms with Gasteiger partial charge in [0.25, 0.3) is 5.91 Å². The molecule has 1 fully saturated rings. The van der Waals surface area contributed by atoms with Gasteiger partial charge in [-0.3, -0.25) is 4.79 Å². The maximum Gasteiger partial charge on any atom is 0.263 e. The van der Waals surface area contributed by atoms with Gasteiger partial charge in [-0.1, -0.05) is 0 Å². The molecule has 0 spiro atoms. The molecule has 1 aromatic rings. The summed E-state index contributed by atoms with van der Waals surface area (Å²) in [5.74, 6) is 0.575. The Morgan fingerprint density at radius 1 is 1.55 bits per heavy atom. The Morgan fingerprint density at radius 3 is 2.90 bits per heavy atom. The molecule has 0 saturated carbocycles. The first-order valence-corrected chi connectivity index (χ1v) is 7.89. The second-order valence-electron chi connectivity index (χ2n) is 5.16. The number of nitrogens with two attached hydrogens (primary N) is 1. The second kappa shape index (κ2) is 6.95. The standard InChI is InChI=1S/C14H23N3O2S/c1-3-16-14(18)13-11(15)8-12(20-13)17(2)9-10-4-6-19-7-5-10/h8,10H,3-7,9,15H2,1-2H3,(H,16,18). The van der Waals surface area contributed by atoms with Crippen molar-refractivity contribution in [2.75, 3.05) is 44.0 Å². The molecule has 1 aromatic heterocycles. The van der Waals surface area contributed by atoms with Crippen LogP contribution in [0.3, 0.4) is 0 Å². The first kappa shape index (κ1) is 15.1. The van der Waals surface area contributed by atoms with Gasteiger partial charge in [-0.2, -0.15) is 0 Å². The number of nitrogens with one attached hydrogen (secondary N) is 1. The summed E-state index contributed by atoms with van der Waals surface area (Å²) in [5.41, 5.74) is 6.51. The highest BCUT2D eigenvalue weighted by Crippen LogP contribution is 2.32. The third-order valence-electron chi connectivity index (χ3n) is 3.54. The lowest BCUT2D eigenvalue weighted by atomic mass is 10.00. The van der Waals surface area contributed by atoms with Gasteiger partial charge in [-0.25, -0.2) is 0 Å². The number of hydrogen-bond donors (Lipinski definition) is 2. The van der Waals surface area contributed by atoms with E-state index in [0.29, 0.717) is 23.0 Å². The zero-order valence-corrected chi connectivity index (χ0v) is 13.0. The molecule has 1 aliphatic rings. The van der Waals surface area contributed by atoms with Crippen LogP contribution < -0.4 is 16.0 Å². The van der Waals surface area contributed by atoms with Crippen molar-refractivity contribution in [1.82, 2.24) is 5.32 Å². The fourth-order valence-corrected chi connectivity index (χ4v) is 3.37. The van der Waals surface area contributed by atoms with Crippen molar-refractivity contribution in [2.45, 2.75) is 19.8 Å². The average Bonchev–Trinajstić information content (AvgIpc) is 2.82. The largest absolute Gasteiger partial charge is 0.397 e. The summed E-state index contributed by atoms with van der Waals surface area (Å²) in [5, 5.41) is 3.84. The van der Waals surface area contributed by atoms with E-state index in [2.05, 4.69) is 17.3 Å². The zero-order valence-electron chi connectivity index (χ0n) is 12.1. The smallest absolute Gasteiger partial charge is 0.263 e. The van der Waals surface area contributed by atoms with Crippen molar-refractivity contribution in [3.8, 4) is 0 Å². The van der Waals surface area contributed by atoms with Crippen LogP contribution in [0, 0.1) is 5.92 Å². The number of thiophene rings is 1. The molecule has 20 heavy (non-hydrogen) atoms. The Bertz CT molecular complexity index is 455. The van der Waals surface area contributed by atoms with Gasteiger partial charge >= 0.3 is 0 Å². The number of carbonyl (C=O) groups is 1. The van der Waals surface area contributed by atoms with E-state index in [4.69, 9.17) is 10.5 Å². The average molecular weight is 297 g/mol. The number of rotatable bonds is 5. The third-order valence-corrected chi connectivity index (χ3v) is 4.80. The van der Waals surface area contributed by atoms with Gasteiger partial charge in [-0.05, 0) is 31.7 Å². The molecule has 1 saturated heterocycles. The van der Waals surface area contributed by atoms with Gasteiger partial charge in [-0.15, -0.1) is 11.3 Å². The lowest BCUT2D eigenvalue weighted by molar-refractivity contribution is 0.0685. The van der Waals surface area contributed by atoms with E-state index in [-0.39, 0.29) is 5.91 Å². The van der Waals surface area contributed by atoms with Gasteiger partial charge < -0.3 is 20.7 Å². The number of carbonyl (C=O) groups excluding carboxylic acids is 1. The number of ether oxygens (including phenoxy) is 1. The SMILES string of the molecule is CCNC(=O)c1sc(N(C)CC2CCOCC2)cc1N. The second-order valence-corrected chi connectivity index (χ2v) is 6.20. The maximum atomic E-state index is 11.9. The highest BCUT2D eigenvalue weighted by molar-refractivity contribution is 7.18. The molecule has 2 heterocycles. The van der Waals surface area contributed by atoms with Gasteiger partial charge in [0.1, 0.15) is 4.88 Å². The fraction of sp³-hybridized carbons (Fsp3) is 0.643. The molecule has 3 N–H and O–H groups in total. The van der Waals surface area contributed by atoms with E-state index in [9.17, 15) is 4.79 Å². The van der Waals surface area contributed by atoms with Gasteiger partial charge in [0.2, 0.25) is 0 Å². The molecule has 0 atom stereocenters. The normalized spacial score (nSPS) is 16.1. The Morgan fingerprint density at radius 2 is 2.25 bits per heavy atom. The van der Waals surface area contributed by atoms with E-state index in [1.807, 2.05) is 13.0 Å². The molecule has 2 rings (SSSR count). The van der Waals surface area contributed by atoms with Crippen LogP contribution in [0.25, 0.3) is 0 Å².